The minimum absolute atomic E-state index is 0.131. The van der Waals surface area contributed by atoms with E-state index in [1.807, 2.05) is 31.2 Å². The van der Waals surface area contributed by atoms with Crippen molar-refractivity contribution in [3.05, 3.63) is 35.4 Å². The predicted octanol–water partition coefficient (Wildman–Crippen LogP) is 3.09. The lowest BCUT2D eigenvalue weighted by Crippen LogP contribution is -2.30. The molecule has 0 saturated heterocycles. The van der Waals surface area contributed by atoms with Gasteiger partial charge in [-0.3, -0.25) is 4.79 Å². The van der Waals surface area contributed by atoms with Gasteiger partial charge in [0.15, 0.2) is 0 Å². The molecule has 17 heavy (non-hydrogen) atoms. The fourth-order valence-corrected chi connectivity index (χ4v) is 1.88. The van der Waals surface area contributed by atoms with E-state index < -0.39 is 0 Å². The molecule has 1 amide bonds. The highest BCUT2D eigenvalue weighted by Crippen LogP contribution is 2.08. The zero-order chi connectivity index (χ0) is 12.7. The minimum atomic E-state index is 0.131. The zero-order valence-corrected chi connectivity index (χ0v) is 11.1. The Balaban J connectivity index is 2.42. The second-order valence-corrected chi connectivity index (χ2v) is 4.59. The molecule has 1 aromatic carbocycles. The van der Waals surface area contributed by atoms with Crippen molar-refractivity contribution in [3.63, 3.8) is 0 Å². The fourth-order valence-electron chi connectivity index (χ4n) is 1.88. The van der Waals surface area contributed by atoms with Gasteiger partial charge >= 0.3 is 0 Å². The van der Waals surface area contributed by atoms with Crippen LogP contribution in [0.25, 0.3) is 0 Å². The van der Waals surface area contributed by atoms with Crippen molar-refractivity contribution in [1.82, 2.24) is 5.32 Å². The number of rotatable bonds is 6. The molecule has 94 valence electrons. The summed E-state index contributed by atoms with van der Waals surface area (Å²) in [6.07, 6.45) is 2.75. The van der Waals surface area contributed by atoms with Gasteiger partial charge in [-0.2, -0.15) is 0 Å². The molecule has 0 unspecified atom stereocenters. The van der Waals surface area contributed by atoms with Crippen LogP contribution in [0, 0.1) is 12.8 Å². The summed E-state index contributed by atoms with van der Waals surface area (Å²) in [6, 6.07) is 8.05. The van der Waals surface area contributed by atoms with Gasteiger partial charge in [-0.25, -0.2) is 0 Å². The third-order valence-corrected chi connectivity index (χ3v) is 3.35. The number of amides is 1. The molecule has 0 aromatic heterocycles. The second kappa shape index (κ2) is 7.10. The Morgan fingerprint density at radius 3 is 2.47 bits per heavy atom. The molecule has 0 fully saturated rings. The van der Waals surface area contributed by atoms with Gasteiger partial charge in [0.25, 0.3) is 0 Å². The first kappa shape index (κ1) is 13.8. The van der Waals surface area contributed by atoms with Gasteiger partial charge in [0.1, 0.15) is 0 Å². The first-order valence-electron chi connectivity index (χ1n) is 6.48. The molecule has 0 bridgehead atoms. The Morgan fingerprint density at radius 1 is 1.24 bits per heavy atom. The molecule has 0 aliphatic rings. The first-order valence-corrected chi connectivity index (χ1v) is 6.48. The smallest absolute Gasteiger partial charge is 0.224 e. The van der Waals surface area contributed by atoms with Crippen LogP contribution >= 0.6 is 0 Å². The van der Waals surface area contributed by atoms with Crippen molar-refractivity contribution < 1.29 is 4.79 Å². The lowest BCUT2D eigenvalue weighted by atomic mass is 10.0. The maximum Gasteiger partial charge on any atom is 0.224 e. The summed E-state index contributed by atoms with van der Waals surface area (Å²) in [7, 11) is 0. The van der Waals surface area contributed by atoms with E-state index in [1.165, 1.54) is 5.56 Å². The molecule has 0 atom stereocenters. The number of nitrogens with one attached hydrogen (secondary N) is 1. The van der Waals surface area contributed by atoms with Crippen LogP contribution < -0.4 is 5.32 Å². The molecule has 0 spiro atoms. The average molecular weight is 233 g/mol. The summed E-state index contributed by atoms with van der Waals surface area (Å²) in [5, 5.41) is 3.02. The van der Waals surface area contributed by atoms with Crippen LogP contribution in [-0.4, -0.2) is 12.5 Å². The molecule has 0 aliphatic carbocycles. The largest absolute Gasteiger partial charge is 0.356 e. The maximum atomic E-state index is 11.8. The van der Waals surface area contributed by atoms with Crippen LogP contribution in [0.1, 0.15) is 37.8 Å². The normalized spacial score (nSPS) is 10.6. The summed E-state index contributed by atoms with van der Waals surface area (Å²) in [4.78, 5) is 11.8. The van der Waals surface area contributed by atoms with Crippen molar-refractivity contribution in [2.24, 2.45) is 5.92 Å². The summed E-state index contributed by atoms with van der Waals surface area (Å²) in [6.45, 7) is 7.19. The number of carbonyl (C=O) groups excluding carboxylic acids is 1. The summed E-state index contributed by atoms with van der Waals surface area (Å²) >= 11 is 0. The fraction of sp³-hybridized carbons (Fsp3) is 0.533. The summed E-state index contributed by atoms with van der Waals surface area (Å²) in [5.41, 5.74) is 2.31. The molecule has 0 aliphatic heterocycles. The Labute approximate surface area is 104 Å². The number of aryl methyl sites for hydroxylation is 1. The van der Waals surface area contributed by atoms with E-state index >= 15 is 0 Å². The van der Waals surface area contributed by atoms with Gasteiger partial charge < -0.3 is 5.32 Å². The van der Waals surface area contributed by atoms with Gasteiger partial charge in [-0.1, -0.05) is 51.0 Å². The van der Waals surface area contributed by atoms with Crippen LogP contribution in [0.2, 0.25) is 0 Å². The maximum absolute atomic E-state index is 11.8. The molecule has 0 saturated carbocycles. The quantitative estimate of drug-likeness (QED) is 0.803. The lowest BCUT2D eigenvalue weighted by molar-refractivity contribution is -0.120. The topological polar surface area (TPSA) is 29.1 Å². The summed E-state index contributed by atoms with van der Waals surface area (Å²) in [5.74, 6) is 0.738. The average Bonchev–Trinajstić information content (AvgIpc) is 2.33. The van der Waals surface area contributed by atoms with Crippen molar-refractivity contribution in [1.29, 1.82) is 0 Å². The van der Waals surface area contributed by atoms with Crippen molar-refractivity contribution in [2.45, 2.75) is 40.0 Å². The van der Waals surface area contributed by atoms with E-state index in [0.717, 1.165) is 24.9 Å². The molecular formula is C15H23NO. The van der Waals surface area contributed by atoms with Gasteiger partial charge in [0.05, 0.1) is 6.42 Å². The van der Waals surface area contributed by atoms with Gasteiger partial charge in [0.2, 0.25) is 5.91 Å². The van der Waals surface area contributed by atoms with Gasteiger partial charge in [0, 0.05) is 6.54 Å². The van der Waals surface area contributed by atoms with Gasteiger partial charge in [-0.15, -0.1) is 0 Å². The van der Waals surface area contributed by atoms with E-state index in [9.17, 15) is 4.79 Å². The monoisotopic (exact) mass is 233 g/mol. The van der Waals surface area contributed by atoms with E-state index in [-0.39, 0.29) is 5.91 Å². The molecule has 0 heterocycles. The van der Waals surface area contributed by atoms with Crippen molar-refractivity contribution in [3.8, 4) is 0 Å². The molecule has 2 nitrogen and oxygen atoms in total. The Bertz CT molecular complexity index is 356. The number of benzene rings is 1. The third-order valence-electron chi connectivity index (χ3n) is 3.35. The Morgan fingerprint density at radius 2 is 1.88 bits per heavy atom. The number of carbonyl (C=O) groups is 1. The van der Waals surface area contributed by atoms with Crippen LogP contribution in [0.15, 0.2) is 24.3 Å². The van der Waals surface area contributed by atoms with E-state index in [4.69, 9.17) is 0 Å². The zero-order valence-electron chi connectivity index (χ0n) is 11.1. The van der Waals surface area contributed by atoms with Crippen LogP contribution in [-0.2, 0) is 11.2 Å². The van der Waals surface area contributed by atoms with Crippen molar-refractivity contribution in [2.75, 3.05) is 6.54 Å². The molecular weight excluding hydrogens is 210 g/mol. The standard InChI is InChI=1S/C15H23NO/c1-4-13(5-2)11-16-15(17)10-14-9-7-6-8-12(14)3/h6-9,13H,4-5,10-11H2,1-3H3,(H,16,17). The van der Waals surface area contributed by atoms with Crippen LogP contribution in [0.3, 0.4) is 0 Å². The van der Waals surface area contributed by atoms with E-state index in [2.05, 4.69) is 19.2 Å². The highest BCUT2D eigenvalue weighted by molar-refractivity contribution is 5.78. The minimum Gasteiger partial charge on any atom is -0.356 e. The predicted molar refractivity (Wildman–Crippen MR) is 72.0 cm³/mol. The molecule has 1 N–H and O–H groups in total. The van der Waals surface area contributed by atoms with Crippen LogP contribution in [0.5, 0.6) is 0 Å². The SMILES string of the molecule is CCC(CC)CNC(=O)Cc1ccccc1C. The number of hydrogen-bond donors (Lipinski definition) is 1. The van der Waals surface area contributed by atoms with Crippen molar-refractivity contribution >= 4 is 5.91 Å². The van der Waals surface area contributed by atoms with E-state index in [0.29, 0.717) is 12.3 Å². The highest BCUT2D eigenvalue weighted by Gasteiger charge is 2.08. The number of hydrogen-bond acceptors (Lipinski definition) is 1. The van der Waals surface area contributed by atoms with E-state index in [1.54, 1.807) is 0 Å². The first-order chi connectivity index (χ1) is 8.17. The molecule has 2 heteroatoms. The summed E-state index contributed by atoms with van der Waals surface area (Å²) < 4.78 is 0. The molecule has 1 aromatic rings. The van der Waals surface area contributed by atoms with Crippen LogP contribution in [0.4, 0.5) is 0 Å². The molecule has 0 radical (unpaired) electrons. The highest BCUT2D eigenvalue weighted by atomic mass is 16.1. The third kappa shape index (κ3) is 4.59. The Hall–Kier alpha value is -1.31. The molecule has 1 rings (SSSR count). The lowest BCUT2D eigenvalue weighted by Gasteiger charge is -2.13. The van der Waals surface area contributed by atoms with Gasteiger partial charge in [-0.05, 0) is 24.0 Å². The Kier molecular flexibility index (Phi) is 5.75. The second-order valence-electron chi connectivity index (χ2n) is 4.59.